The zero-order valence-corrected chi connectivity index (χ0v) is 15.1. The summed E-state index contributed by atoms with van der Waals surface area (Å²) in [4.78, 5) is 9.20. The number of hydrogen-bond donors (Lipinski definition) is 1. The van der Waals surface area contributed by atoms with Crippen molar-refractivity contribution in [1.82, 2.24) is 34.6 Å². The van der Waals surface area contributed by atoms with E-state index in [2.05, 4.69) is 30.7 Å². The molecule has 0 aliphatic rings. The molecule has 0 saturated carbocycles. The number of nitrogens with zero attached hydrogens (tertiary/aromatic N) is 7. The number of para-hydroxylation sites is 2. The smallest absolute Gasteiger partial charge is 0.248 e. The highest BCUT2D eigenvalue weighted by atomic mass is 15.5. The Labute approximate surface area is 164 Å². The first-order chi connectivity index (χ1) is 14.3. The first-order valence-electron chi connectivity index (χ1n) is 9.15. The van der Waals surface area contributed by atoms with Crippen molar-refractivity contribution in [3.63, 3.8) is 0 Å². The Kier molecular flexibility index (Phi) is 3.30. The lowest BCUT2D eigenvalue weighted by Gasteiger charge is -2.04. The van der Waals surface area contributed by atoms with Gasteiger partial charge in [0.25, 0.3) is 0 Å². The second-order valence-electron chi connectivity index (χ2n) is 6.59. The molecule has 0 aliphatic heterocycles. The number of hydrogen-bond acceptors (Lipinski definition) is 6. The normalized spacial score (nSPS) is 11.4. The minimum Gasteiger partial charge on any atom is -0.307 e. The summed E-state index contributed by atoms with van der Waals surface area (Å²) in [5, 5.41) is 17.4. The van der Waals surface area contributed by atoms with E-state index in [1.165, 1.54) is 0 Å². The van der Waals surface area contributed by atoms with Gasteiger partial charge in [-0.15, -0.1) is 10.2 Å². The molecule has 0 aliphatic carbocycles. The van der Waals surface area contributed by atoms with E-state index in [-0.39, 0.29) is 0 Å². The maximum absolute atomic E-state index is 4.63. The lowest BCUT2D eigenvalue weighted by molar-refractivity contribution is 0.763. The summed E-state index contributed by atoms with van der Waals surface area (Å²) in [7, 11) is 0. The van der Waals surface area contributed by atoms with Crippen LogP contribution in [0.5, 0.6) is 0 Å². The van der Waals surface area contributed by atoms with Crippen molar-refractivity contribution in [2.24, 2.45) is 0 Å². The van der Waals surface area contributed by atoms with Gasteiger partial charge in [0, 0.05) is 5.39 Å². The largest absolute Gasteiger partial charge is 0.307 e. The Bertz CT molecular complexity index is 1500. The van der Waals surface area contributed by atoms with E-state index >= 15 is 0 Å². The van der Waals surface area contributed by atoms with E-state index < -0.39 is 0 Å². The predicted octanol–water partition coefficient (Wildman–Crippen LogP) is 3.76. The van der Waals surface area contributed by atoms with E-state index in [9.17, 15) is 0 Å². The third-order valence-corrected chi connectivity index (χ3v) is 4.75. The molecule has 138 valence electrons. The Morgan fingerprint density at radius 3 is 2.55 bits per heavy atom. The van der Waals surface area contributed by atoms with Crippen molar-refractivity contribution >= 4 is 39.3 Å². The predicted molar refractivity (Wildman–Crippen MR) is 110 cm³/mol. The molecule has 0 saturated heterocycles. The summed E-state index contributed by atoms with van der Waals surface area (Å²) >= 11 is 0. The molecule has 6 rings (SSSR count). The Morgan fingerprint density at radius 1 is 0.724 bits per heavy atom. The van der Waals surface area contributed by atoms with Gasteiger partial charge in [0.15, 0.2) is 11.5 Å². The van der Waals surface area contributed by atoms with Gasteiger partial charge < -0.3 is 5.32 Å². The van der Waals surface area contributed by atoms with E-state index in [0.717, 1.165) is 27.8 Å². The number of anilines is 2. The lowest BCUT2D eigenvalue weighted by Crippen LogP contribution is -2.05. The molecule has 4 aromatic heterocycles. The van der Waals surface area contributed by atoms with Crippen LogP contribution in [0.4, 0.5) is 11.8 Å². The zero-order valence-electron chi connectivity index (χ0n) is 15.1. The van der Waals surface area contributed by atoms with Gasteiger partial charge in [-0.1, -0.05) is 41.6 Å². The van der Waals surface area contributed by atoms with Crippen LogP contribution in [0.3, 0.4) is 0 Å². The van der Waals surface area contributed by atoms with Crippen molar-refractivity contribution < 1.29 is 0 Å². The van der Waals surface area contributed by atoms with Gasteiger partial charge in [-0.2, -0.15) is 14.2 Å². The van der Waals surface area contributed by atoms with Crippen molar-refractivity contribution in [3.05, 3.63) is 78.9 Å². The third-order valence-electron chi connectivity index (χ3n) is 4.75. The molecular formula is C21H14N8. The van der Waals surface area contributed by atoms with Crippen LogP contribution in [0.25, 0.3) is 33.4 Å². The summed E-state index contributed by atoms with van der Waals surface area (Å²) in [5.74, 6) is 1.90. The maximum Gasteiger partial charge on any atom is 0.248 e. The van der Waals surface area contributed by atoms with Crippen molar-refractivity contribution in [3.8, 4) is 5.82 Å². The van der Waals surface area contributed by atoms with Gasteiger partial charge in [0.05, 0.1) is 11.0 Å². The number of fused-ring (bicyclic) bond motifs is 3. The van der Waals surface area contributed by atoms with Crippen molar-refractivity contribution in [1.29, 1.82) is 0 Å². The number of rotatable bonds is 3. The molecule has 4 heterocycles. The average molecular weight is 378 g/mol. The fraction of sp³-hybridized carbons (Fsp3) is 0. The molecule has 8 heteroatoms. The minimum absolute atomic E-state index is 0.463. The standard InChI is InChI=1S/C21H14N8/c1-2-7-15-14(6-1)12-13-18(22-15)23-21-24-19-10-5-11-20(29(19)26-21)28-17-9-4-3-8-16(17)25-27-28/h1-13H,(H,22,23,26). The van der Waals surface area contributed by atoms with Crippen LogP contribution in [-0.2, 0) is 0 Å². The van der Waals surface area contributed by atoms with Gasteiger partial charge in [0.1, 0.15) is 11.3 Å². The summed E-state index contributed by atoms with van der Waals surface area (Å²) in [6.07, 6.45) is 0. The quantitative estimate of drug-likeness (QED) is 0.505. The highest BCUT2D eigenvalue weighted by molar-refractivity contribution is 5.80. The molecule has 1 N–H and O–H groups in total. The minimum atomic E-state index is 0.463. The number of nitrogens with one attached hydrogen (secondary N) is 1. The molecule has 0 fully saturated rings. The average Bonchev–Trinajstić information content (AvgIpc) is 3.37. The van der Waals surface area contributed by atoms with E-state index in [1.54, 1.807) is 9.20 Å². The van der Waals surface area contributed by atoms with Gasteiger partial charge in [-0.3, -0.25) is 0 Å². The SMILES string of the molecule is c1ccc2nc(Nc3nc4cccc(-n5nnc6ccccc65)n4n3)ccc2c1. The fourth-order valence-electron chi connectivity index (χ4n) is 3.39. The third kappa shape index (κ3) is 2.58. The molecule has 0 amide bonds. The van der Waals surface area contributed by atoms with E-state index in [1.807, 2.05) is 78.9 Å². The van der Waals surface area contributed by atoms with Crippen LogP contribution in [0.15, 0.2) is 78.9 Å². The van der Waals surface area contributed by atoms with Gasteiger partial charge in [-0.25, -0.2) is 4.98 Å². The van der Waals surface area contributed by atoms with Crippen LogP contribution in [0.2, 0.25) is 0 Å². The molecule has 0 radical (unpaired) electrons. The molecule has 29 heavy (non-hydrogen) atoms. The summed E-state index contributed by atoms with van der Waals surface area (Å²) in [6.45, 7) is 0. The maximum atomic E-state index is 4.63. The second-order valence-corrected chi connectivity index (χ2v) is 6.59. The molecule has 0 atom stereocenters. The van der Waals surface area contributed by atoms with Crippen LogP contribution >= 0.6 is 0 Å². The first-order valence-corrected chi connectivity index (χ1v) is 9.15. The molecule has 0 unspecified atom stereocenters. The Morgan fingerprint density at radius 2 is 1.59 bits per heavy atom. The number of benzene rings is 2. The van der Waals surface area contributed by atoms with Gasteiger partial charge in [0.2, 0.25) is 5.95 Å². The molecule has 2 aromatic carbocycles. The molecular weight excluding hydrogens is 364 g/mol. The van der Waals surface area contributed by atoms with E-state index in [0.29, 0.717) is 17.4 Å². The van der Waals surface area contributed by atoms with Gasteiger partial charge >= 0.3 is 0 Å². The summed E-state index contributed by atoms with van der Waals surface area (Å²) in [5.41, 5.74) is 3.34. The van der Waals surface area contributed by atoms with E-state index in [4.69, 9.17) is 0 Å². The molecule has 8 nitrogen and oxygen atoms in total. The second kappa shape index (κ2) is 6.10. The fourth-order valence-corrected chi connectivity index (χ4v) is 3.39. The molecule has 6 aromatic rings. The zero-order chi connectivity index (χ0) is 19.2. The summed E-state index contributed by atoms with van der Waals surface area (Å²) in [6, 6.07) is 25.5. The molecule has 0 bridgehead atoms. The van der Waals surface area contributed by atoms with Crippen LogP contribution < -0.4 is 5.32 Å². The van der Waals surface area contributed by atoms with Crippen LogP contribution in [0.1, 0.15) is 0 Å². The van der Waals surface area contributed by atoms with Crippen molar-refractivity contribution in [2.45, 2.75) is 0 Å². The van der Waals surface area contributed by atoms with Crippen LogP contribution in [0, 0.1) is 0 Å². The van der Waals surface area contributed by atoms with Crippen LogP contribution in [-0.4, -0.2) is 34.6 Å². The Hall–Kier alpha value is -4.33. The van der Waals surface area contributed by atoms with Gasteiger partial charge in [-0.05, 0) is 42.5 Å². The summed E-state index contributed by atoms with van der Waals surface area (Å²) < 4.78 is 3.50. The highest BCUT2D eigenvalue weighted by Gasteiger charge is 2.12. The number of pyridine rings is 2. The number of aromatic nitrogens is 7. The monoisotopic (exact) mass is 378 g/mol. The highest BCUT2D eigenvalue weighted by Crippen LogP contribution is 2.20. The topological polar surface area (TPSA) is 85.8 Å². The Balaban J connectivity index is 1.44. The van der Waals surface area contributed by atoms with Crippen molar-refractivity contribution in [2.75, 3.05) is 5.32 Å². The molecule has 0 spiro atoms. The first kappa shape index (κ1) is 15.7. The lowest BCUT2D eigenvalue weighted by atomic mass is 10.2.